The van der Waals surface area contributed by atoms with Gasteiger partial charge in [0, 0.05) is 27.9 Å². The Hall–Kier alpha value is -1.82. The summed E-state index contributed by atoms with van der Waals surface area (Å²) < 4.78 is 16.7. The zero-order valence-corrected chi connectivity index (χ0v) is 15.5. The molecule has 2 aliphatic rings. The van der Waals surface area contributed by atoms with Crippen molar-refractivity contribution in [2.45, 2.75) is 46.2 Å². The van der Waals surface area contributed by atoms with E-state index in [1.165, 1.54) is 0 Å². The molecule has 0 spiro atoms. The van der Waals surface area contributed by atoms with Gasteiger partial charge in [0.15, 0.2) is 12.6 Å². The van der Waals surface area contributed by atoms with Gasteiger partial charge in [0.2, 0.25) is 0 Å². The van der Waals surface area contributed by atoms with E-state index in [0.29, 0.717) is 17.2 Å². The number of hydrogen-bond acceptors (Lipinski definition) is 5. The molecule has 6 heteroatoms. The molecule has 1 aromatic rings. The van der Waals surface area contributed by atoms with Crippen molar-refractivity contribution < 1.29 is 19.0 Å². The van der Waals surface area contributed by atoms with Crippen LogP contribution in [0.25, 0.3) is 0 Å². The summed E-state index contributed by atoms with van der Waals surface area (Å²) in [5.74, 6) is -0.689. The zero-order chi connectivity index (χ0) is 18.1. The Kier molecular flexibility index (Phi) is 5.18. The number of halogens is 1. The van der Waals surface area contributed by atoms with Crippen molar-refractivity contribution >= 4 is 17.6 Å². The number of ether oxygens (including phenoxy) is 3. The van der Waals surface area contributed by atoms with Crippen molar-refractivity contribution in [2.75, 3.05) is 6.61 Å². The highest BCUT2D eigenvalue weighted by molar-refractivity contribution is 6.30. The second-order valence-corrected chi connectivity index (χ2v) is 6.56. The second kappa shape index (κ2) is 7.20. The molecule has 5 nitrogen and oxygen atoms in total. The normalized spacial score (nSPS) is 26.2. The van der Waals surface area contributed by atoms with E-state index < -0.39 is 6.29 Å². The summed E-state index contributed by atoms with van der Waals surface area (Å²) in [7, 11) is 0. The molecule has 134 valence electrons. The largest absolute Gasteiger partial charge is 0.463 e. The van der Waals surface area contributed by atoms with E-state index >= 15 is 0 Å². The molecule has 1 unspecified atom stereocenters. The monoisotopic (exact) mass is 363 g/mol. The number of allylic oxidation sites excluding steroid dienone is 2. The van der Waals surface area contributed by atoms with Gasteiger partial charge in [-0.15, -0.1) is 0 Å². The Balaban J connectivity index is 2.10. The highest BCUT2D eigenvalue weighted by atomic mass is 35.5. The number of esters is 1. The van der Waals surface area contributed by atoms with Gasteiger partial charge in [-0.05, 0) is 45.4 Å². The first-order valence-corrected chi connectivity index (χ1v) is 8.72. The maximum atomic E-state index is 12.7. The molecule has 0 radical (unpaired) electrons. The minimum absolute atomic E-state index is 0.261. The summed E-state index contributed by atoms with van der Waals surface area (Å²) in [5.41, 5.74) is 3.99. The lowest BCUT2D eigenvalue weighted by atomic mass is 9.80. The zero-order valence-electron chi connectivity index (χ0n) is 14.8. The predicted molar refractivity (Wildman–Crippen MR) is 94.8 cm³/mol. The van der Waals surface area contributed by atoms with Gasteiger partial charge in [-0.3, -0.25) is 0 Å². The number of benzene rings is 1. The molecule has 0 amide bonds. The summed E-state index contributed by atoms with van der Waals surface area (Å²) in [6.07, 6.45) is -0.757. The molecular formula is C19H22ClNO4. The smallest absolute Gasteiger partial charge is 0.336 e. The third-order valence-electron chi connectivity index (χ3n) is 4.37. The average Bonchev–Trinajstić information content (AvgIpc) is 2.52. The molecule has 1 fully saturated rings. The molecule has 2 aliphatic heterocycles. The molecule has 1 saturated heterocycles. The molecule has 0 aliphatic carbocycles. The minimum Gasteiger partial charge on any atom is -0.463 e. The highest BCUT2D eigenvalue weighted by Crippen LogP contribution is 2.43. The fraction of sp³-hybridized carbons (Fsp3) is 0.421. The van der Waals surface area contributed by atoms with Crippen LogP contribution in [0.5, 0.6) is 0 Å². The lowest BCUT2D eigenvalue weighted by molar-refractivity contribution is -0.360. The fourth-order valence-electron chi connectivity index (χ4n) is 3.34. The van der Waals surface area contributed by atoms with E-state index in [-0.39, 0.29) is 18.2 Å². The first kappa shape index (κ1) is 18.0. The van der Waals surface area contributed by atoms with Crippen LogP contribution >= 0.6 is 11.6 Å². The Morgan fingerprint density at radius 1 is 1.28 bits per heavy atom. The summed E-state index contributed by atoms with van der Waals surface area (Å²) in [6, 6.07) is 7.49. The van der Waals surface area contributed by atoms with E-state index in [1.807, 2.05) is 39.0 Å². The maximum Gasteiger partial charge on any atom is 0.336 e. The highest BCUT2D eigenvalue weighted by Gasteiger charge is 2.42. The Bertz CT molecular complexity index is 750. The van der Waals surface area contributed by atoms with E-state index in [4.69, 9.17) is 25.8 Å². The summed E-state index contributed by atoms with van der Waals surface area (Å²) >= 11 is 6.20. The van der Waals surface area contributed by atoms with Crippen molar-refractivity contribution in [3.8, 4) is 0 Å². The van der Waals surface area contributed by atoms with Crippen LogP contribution in [-0.2, 0) is 19.0 Å². The molecule has 0 bridgehead atoms. The van der Waals surface area contributed by atoms with Crippen molar-refractivity contribution in [1.29, 1.82) is 0 Å². The minimum atomic E-state index is -0.496. The lowest BCUT2D eigenvalue weighted by Gasteiger charge is -2.41. The van der Waals surface area contributed by atoms with Crippen molar-refractivity contribution in [1.82, 2.24) is 5.32 Å². The van der Waals surface area contributed by atoms with E-state index in [9.17, 15) is 4.79 Å². The van der Waals surface area contributed by atoms with E-state index in [0.717, 1.165) is 22.5 Å². The SMILES string of the molecule is CCOC(=O)C1=C(C)NC(C)=C(C2OC(C)O2)C1c1cccc(Cl)c1. The van der Waals surface area contributed by atoms with Crippen LogP contribution < -0.4 is 5.32 Å². The number of rotatable bonds is 4. The van der Waals surface area contributed by atoms with E-state index in [2.05, 4.69) is 5.32 Å². The van der Waals surface area contributed by atoms with Gasteiger partial charge in [-0.2, -0.15) is 0 Å². The van der Waals surface area contributed by atoms with Gasteiger partial charge in [0.05, 0.1) is 12.2 Å². The molecule has 1 atom stereocenters. The number of nitrogens with one attached hydrogen (secondary N) is 1. The molecule has 3 rings (SSSR count). The van der Waals surface area contributed by atoms with Crippen LogP contribution in [0.4, 0.5) is 0 Å². The first-order valence-electron chi connectivity index (χ1n) is 8.34. The molecule has 1 aromatic carbocycles. The van der Waals surface area contributed by atoms with Crippen LogP contribution in [0.15, 0.2) is 46.8 Å². The third-order valence-corrected chi connectivity index (χ3v) is 4.61. The molecule has 2 heterocycles. The predicted octanol–water partition coefficient (Wildman–Crippen LogP) is 3.86. The van der Waals surface area contributed by atoms with Crippen LogP contribution in [0, 0.1) is 0 Å². The van der Waals surface area contributed by atoms with Gasteiger partial charge >= 0.3 is 5.97 Å². The van der Waals surface area contributed by atoms with Gasteiger partial charge in [-0.1, -0.05) is 23.7 Å². The summed E-state index contributed by atoms with van der Waals surface area (Å²) in [4.78, 5) is 12.7. The lowest BCUT2D eigenvalue weighted by Crippen LogP contribution is -2.45. The summed E-state index contributed by atoms with van der Waals surface area (Å²) in [5, 5.41) is 3.87. The maximum absolute atomic E-state index is 12.7. The van der Waals surface area contributed by atoms with Crippen molar-refractivity contribution in [3.63, 3.8) is 0 Å². The van der Waals surface area contributed by atoms with Crippen LogP contribution in [0.2, 0.25) is 5.02 Å². The molecule has 1 N–H and O–H groups in total. The topological polar surface area (TPSA) is 56.8 Å². The number of carbonyl (C=O) groups excluding carboxylic acids is 1. The van der Waals surface area contributed by atoms with Gasteiger partial charge in [0.25, 0.3) is 0 Å². The van der Waals surface area contributed by atoms with Crippen molar-refractivity contribution in [2.24, 2.45) is 0 Å². The quantitative estimate of drug-likeness (QED) is 0.823. The number of hydrogen-bond donors (Lipinski definition) is 1. The van der Waals surface area contributed by atoms with Crippen LogP contribution in [0.3, 0.4) is 0 Å². The van der Waals surface area contributed by atoms with Crippen molar-refractivity contribution in [3.05, 3.63) is 57.4 Å². The Morgan fingerprint density at radius 2 is 2.00 bits per heavy atom. The summed E-state index contributed by atoms with van der Waals surface area (Å²) in [6.45, 7) is 7.76. The van der Waals surface area contributed by atoms with E-state index in [1.54, 1.807) is 13.0 Å². The van der Waals surface area contributed by atoms with Crippen LogP contribution in [-0.4, -0.2) is 25.2 Å². The molecule has 0 saturated carbocycles. The Morgan fingerprint density at radius 3 is 2.60 bits per heavy atom. The number of carbonyl (C=O) groups is 1. The van der Waals surface area contributed by atoms with Gasteiger partial charge < -0.3 is 19.5 Å². The molecule has 0 aromatic heterocycles. The third kappa shape index (κ3) is 3.45. The first-order chi connectivity index (χ1) is 11.9. The standard InChI is InChI=1S/C19H22ClNO4/c1-5-23-18(22)15-10(2)21-11(3)16(19-24-12(4)25-19)17(15)13-7-6-8-14(20)9-13/h6-9,12,17,19,21H,5H2,1-4H3. The second-order valence-electron chi connectivity index (χ2n) is 6.12. The Labute approximate surface area is 152 Å². The average molecular weight is 364 g/mol. The van der Waals surface area contributed by atoms with Crippen LogP contribution in [0.1, 0.15) is 39.2 Å². The fourth-order valence-corrected chi connectivity index (χ4v) is 3.54. The molecular weight excluding hydrogens is 342 g/mol. The van der Waals surface area contributed by atoms with Gasteiger partial charge in [0.1, 0.15) is 0 Å². The molecule has 25 heavy (non-hydrogen) atoms. The number of dihydropyridines is 1. The van der Waals surface area contributed by atoms with Gasteiger partial charge in [-0.25, -0.2) is 4.79 Å².